The molecular formula is C130H142N4. The van der Waals surface area contributed by atoms with Crippen LogP contribution < -0.4 is 19.6 Å². The summed E-state index contributed by atoms with van der Waals surface area (Å²) < 4.78 is 0. The number of hydrogen-bond acceptors (Lipinski definition) is 4. The van der Waals surface area contributed by atoms with Gasteiger partial charge in [-0.2, -0.15) is 0 Å². The van der Waals surface area contributed by atoms with E-state index in [1.54, 1.807) is 0 Å². The first kappa shape index (κ1) is 92.2. The van der Waals surface area contributed by atoms with Crippen molar-refractivity contribution in [3.05, 3.63) is 382 Å². The van der Waals surface area contributed by atoms with Gasteiger partial charge in [-0.15, -0.1) is 0 Å². The number of nitrogens with zero attached hydrogens (tertiary/aromatic N) is 4. The second-order valence-corrected chi connectivity index (χ2v) is 49.2. The maximum Gasteiger partial charge on any atom is 0.0543 e. The molecule has 18 rings (SSSR count). The molecular weight excluding hydrogens is 1620 g/mol. The van der Waals surface area contributed by atoms with Gasteiger partial charge >= 0.3 is 0 Å². The van der Waals surface area contributed by atoms with Crippen molar-refractivity contribution in [3.63, 3.8) is 0 Å². The number of rotatable bonds is 13. The molecule has 0 aromatic heterocycles. The van der Waals surface area contributed by atoms with E-state index in [-0.39, 0.29) is 43.3 Å². The van der Waals surface area contributed by atoms with Gasteiger partial charge in [-0.1, -0.05) is 402 Å². The fraction of sp³-hybridized carbons (Fsp3) is 0.323. The molecule has 0 fully saturated rings. The molecule has 2 aliphatic carbocycles. The van der Waals surface area contributed by atoms with Gasteiger partial charge in [0.1, 0.15) is 0 Å². The van der Waals surface area contributed by atoms with E-state index in [9.17, 15) is 0 Å². The Morgan fingerprint density at radius 3 is 0.381 bits per heavy atom. The van der Waals surface area contributed by atoms with E-state index >= 15 is 0 Å². The number of benzene rings is 16. The summed E-state index contributed by atoms with van der Waals surface area (Å²) in [5, 5.41) is 9.49. The first-order valence-electron chi connectivity index (χ1n) is 49.1. The van der Waals surface area contributed by atoms with Crippen molar-refractivity contribution in [3.8, 4) is 22.3 Å². The van der Waals surface area contributed by atoms with Gasteiger partial charge in [-0.25, -0.2) is 0 Å². The summed E-state index contributed by atoms with van der Waals surface area (Å²) in [5.41, 5.74) is 29.2. The van der Waals surface area contributed by atoms with E-state index in [0.29, 0.717) is 0 Å². The third-order valence-electron chi connectivity index (χ3n) is 29.9. The molecule has 0 N–H and O–H groups in total. The molecule has 0 unspecified atom stereocenters. The molecule has 0 amide bonds. The monoisotopic (exact) mass is 1760 g/mol. The lowest BCUT2D eigenvalue weighted by molar-refractivity contribution is 0.0596. The summed E-state index contributed by atoms with van der Waals surface area (Å²) in [6.45, 7) is 71.9. The summed E-state index contributed by atoms with van der Waals surface area (Å²) in [7, 11) is 0. The third kappa shape index (κ3) is 15.4. The fourth-order valence-corrected chi connectivity index (χ4v) is 22.9. The number of hydrogen-bond donors (Lipinski definition) is 0. The van der Waals surface area contributed by atoms with Gasteiger partial charge in [0.25, 0.3) is 0 Å². The van der Waals surface area contributed by atoms with Crippen LogP contribution in [0.2, 0.25) is 0 Å². The predicted octanol–water partition coefficient (Wildman–Crippen LogP) is 37.9. The van der Waals surface area contributed by atoms with E-state index in [2.05, 4.69) is 543 Å². The summed E-state index contributed by atoms with van der Waals surface area (Å²) in [5.74, 6) is 0. The molecule has 0 bridgehead atoms. The van der Waals surface area contributed by atoms with Gasteiger partial charge in [-0.05, 0) is 286 Å². The quantitative estimate of drug-likeness (QED) is 0.114. The standard InChI is InChI=1S/C130H142N4/c1-119(2,3)83-47-63-91(64-48-83)131(92-65-49-84(50-66-92)120(4,5)6)111-79-107-115(103-43-35-31-39-99(103)111)116-104-44-36-32-40-100(104)112(132(93-67-51-85(52-68-93)121(7,8)9)94-69-53-86(54-70-94)122(10,11)12)80-108(116)129(107,127(25,26)27)130(128(28,29)30)109-81-113(133(95-71-55-87(56-72-95)123(13,14)15)96-73-57-88(58-74-96)124(16,17)18)101-41-33-37-45-105(101)117(109)118-106-46-38-34-42-102(106)114(82-110(118)130)134(97-75-59-89(60-76-97)125(19,20)21)98-77-61-90(62-78-98)126(22,23)24/h31-82H,1-30H3. The Bertz CT molecular complexity index is 6090. The zero-order chi connectivity index (χ0) is 95.9. The topological polar surface area (TPSA) is 13.0 Å². The maximum absolute atomic E-state index is 2.77. The second kappa shape index (κ2) is 32.2. The highest BCUT2D eigenvalue weighted by molar-refractivity contribution is 6.22. The van der Waals surface area contributed by atoms with Crippen LogP contribution in [0.3, 0.4) is 0 Å². The van der Waals surface area contributed by atoms with Crippen LogP contribution in [0.5, 0.6) is 0 Å². The summed E-state index contributed by atoms with van der Waals surface area (Å²) in [6, 6.07) is 126. The van der Waals surface area contributed by atoms with Crippen molar-refractivity contribution < 1.29 is 0 Å². The molecule has 4 heteroatoms. The van der Waals surface area contributed by atoms with Crippen LogP contribution in [0.25, 0.3) is 65.3 Å². The van der Waals surface area contributed by atoms with Crippen LogP contribution in [-0.2, 0) is 54.1 Å². The van der Waals surface area contributed by atoms with E-state index in [0.717, 1.165) is 68.2 Å². The van der Waals surface area contributed by atoms with Crippen LogP contribution in [-0.4, -0.2) is 0 Å². The SMILES string of the molecule is CC(C)(C)c1ccc(N(c2ccc(C(C)(C)C)cc2)c2cc3c(c4ccccc24)-c2c(cc(N(c4ccc(C(C)(C)C)cc4)c4ccc(C(C)(C)C)cc4)c4ccccc24)C3(C(C)(C)C)C2(C(C)(C)C)c3cc(N(c4ccc(C(C)(C)C)cc4)c4ccc(C(C)(C)C)cc4)c4ccccc4c3-c3c2cc(N(c2ccc(C(C)(C)C)cc2)c2ccc(C(C)(C)C)cc2)c2ccccc32)cc1. The Morgan fingerprint density at radius 2 is 0.269 bits per heavy atom. The van der Waals surface area contributed by atoms with Gasteiger partial charge in [0.05, 0.1) is 22.7 Å². The number of anilines is 12. The maximum atomic E-state index is 2.77. The lowest BCUT2D eigenvalue weighted by atomic mass is 9.39. The second-order valence-electron chi connectivity index (χ2n) is 49.2. The lowest BCUT2D eigenvalue weighted by Gasteiger charge is -2.62. The normalized spacial score (nSPS) is 14.2. The summed E-state index contributed by atoms with van der Waals surface area (Å²) in [4.78, 5) is 10.5. The smallest absolute Gasteiger partial charge is 0.0543 e. The van der Waals surface area contributed by atoms with Crippen molar-refractivity contribution in [1.82, 2.24) is 0 Å². The Hall–Kier alpha value is -12.2. The zero-order valence-corrected chi connectivity index (χ0v) is 85.8. The predicted molar refractivity (Wildman–Crippen MR) is 583 cm³/mol. The summed E-state index contributed by atoms with van der Waals surface area (Å²) >= 11 is 0. The Labute approximate surface area is 802 Å². The average molecular weight is 1760 g/mol. The van der Waals surface area contributed by atoms with Gasteiger partial charge in [0.2, 0.25) is 0 Å². The van der Waals surface area contributed by atoms with E-state index < -0.39 is 21.7 Å². The Morgan fingerprint density at radius 1 is 0.149 bits per heavy atom. The molecule has 0 heterocycles. The molecule has 0 radical (unpaired) electrons. The van der Waals surface area contributed by atoms with Crippen molar-refractivity contribution in [2.45, 2.75) is 262 Å². The van der Waals surface area contributed by atoms with Crippen LogP contribution in [0.15, 0.2) is 315 Å². The molecule has 2 aliphatic rings. The molecule has 134 heavy (non-hydrogen) atoms. The highest BCUT2D eigenvalue weighted by Gasteiger charge is 2.72. The van der Waals surface area contributed by atoms with Gasteiger partial charge in [-0.3, -0.25) is 0 Å². The van der Waals surface area contributed by atoms with Crippen molar-refractivity contribution in [2.24, 2.45) is 10.8 Å². The summed E-state index contributed by atoms with van der Waals surface area (Å²) in [6.07, 6.45) is 0. The molecule has 0 saturated carbocycles. The van der Waals surface area contributed by atoms with Gasteiger partial charge < -0.3 is 19.6 Å². The van der Waals surface area contributed by atoms with Crippen LogP contribution in [0.1, 0.15) is 274 Å². The van der Waals surface area contributed by atoms with Crippen LogP contribution in [0, 0.1) is 10.8 Å². The molecule has 4 nitrogen and oxygen atoms in total. The third-order valence-corrected chi connectivity index (χ3v) is 29.9. The first-order chi connectivity index (χ1) is 62.8. The molecule has 0 aliphatic heterocycles. The minimum Gasteiger partial charge on any atom is -0.310 e. The lowest BCUT2D eigenvalue weighted by Crippen LogP contribution is -2.62. The average Bonchev–Trinajstić information content (AvgIpc) is 1.45. The molecule has 16 aromatic rings. The first-order valence-corrected chi connectivity index (χ1v) is 49.1. The van der Waals surface area contributed by atoms with Gasteiger partial charge in [0, 0.05) is 77.9 Å². The van der Waals surface area contributed by atoms with E-state index in [1.165, 1.54) is 132 Å². The van der Waals surface area contributed by atoms with Crippen LogP contribution in [0.4, 0.5) is 68.2 Å². The van der Waals surface area contributed by atoms with Crippen molar-refractivity contribution in [2.75, 3.05) is 19.6 Å². The van der Waals surface area contributed by atoms with Crippen LogP contribution >= 0.6 is 0 Å². The molecule has 16 aromatic carbocycles. The van der Waals surface area contributed by atoms with E-state index in [4.69, 9.17) is 0 Å². The number of fused-ring (bicyclic) bond motifs is 14. The molecule has 0 saturated heterocycles. The van der Waals surface area contributed by atoms with Gasteiger partial charge in [0.15, 0.2) is 0 Å². The van der Waals surface area contributed by atoms with Crippen molar-refractivity contribution >= 4 is 111 Å². The van der Waals surface area contributed by atoms with E-state index in [1.807, 2.05) is 0 Å². The Balaban J connectivity index is 1.11. The minimum atomic E-state index is -1.11. The molecule has 682 valence electrons. The van der Waals surface area contributed by atoms with Crippen molar-refractivity contribution in [1.29, 1.82) is 0 Å². The Kier molecular flexibility index (Phi) is 22.2. The fourth-order valence-electron chi connectivity index (χ4n) is 22.9. The molecule has 0 spiro atoms. The minimum absolute atomic E-state index is 0.0971. The molecule has 0 atom stereocenters. The largest absolute Gasteiger partial charge is 0.310 e. The highest BCUT2D eigenvalue weighted by Crippen LogP contribution is 2.78. The highest BCUT2D eigenvalue weighted by atomic mass is 15.2. The zero-order valence-electron chi connectivity index (χ0n) is 85.8.